The van der Waals surface area contributed by atoms with E-state index in [2.05, 4.69) is 27.7 Å². The molecule has 2 atom stereocenters. The maximum atomic E-state index is 13.5. The van der Waals surface area contributed by atoms with Gasteiger partial charge in [0.2, 0.25) is 17.7 Å². The number of benzene rings is 2. The van der Waals surface area contributed by atoms with Crippen molar-refractivity contribution >= 4 is 23.4 Å². The highest BCUT2D eigenvalue weighted by Crippen LogP contribution is 2.25. The summed E-state index contributed by atoms with van der Waals surface area (Å²) in [4.78, 5) is 42.8. The van der Waals surface area contributed by atoms with Crippen molar-refractivity contribution in [3.63, 3.8) is 0 Å². The molecule has 0 unspecified atom stereocenters. The molecular formula is C32H45N5O3. The van der Waals surface area contributed by atoms with Crippen molar-refractivity contribution < 1.29 is 14.4 Å². The summed E-state index contributed by atoms with van der Waals surface area (Å²) in [7, 11) is 0. The SMILES string of the molecule is CCC(=O)N[C@H](Cc1ccc(NC(=O)[C@@H](N)C2CCCCCC2)cc1)C(=O)N1CCN(Cc2ccccc2)CC1. The summed E-state index contributed by atoms with van der Waals surface area (Å²) >= 11 is 0. The van der Waals surface area contributed by atoms with E-state index in [1.165, 1.54) is 18.4 Å². The van der Waals surface area contributed by atoms with Crippen LogP contribution in [0.5, 0.6) is 0 Å². The minimum absolute atomic E-state index is 0.0482. The van der Waals surface area contributed by atoms with E-state index in [-0.39, 0.29) is 23.6 Å². The number of nitrogens with zero attached hydrogens (tertiary/aromatic N) is 2. The second-order valence-corrected chi connectivity index (χ2v) is 11.2. The number of carbonyl (C=O) groups is 3. The van der Waals surface area contributed by atoms with Gasteiger partial charge in [-0.25, -0.2) is 0 Å². The second-order valence-electron chi connectivity index (χ2n) is 11.2. The molecule has 2 aromatic carbocycles. The summed E-state index contributed by atoms with van der Waals surface area (Å²) in [5, 5.41) is 5.90. The molecule has 2 aromatic rings. The third-order valence-electron chi connectivity index (χ3n) is 8.26. The standard InChI is InChI=1S/C32H45N5O3/c1-2-29(38)35-28(32(40)37-20-18-36(19-21-37)23-25-10-6-5-7-11-25)22-24-14-16-27(17-15-24)34-31(39)30(33)26-12-8-3-4-9-13-26/h5-7,10-11,14-17,26,28,30H,2-4,8-9,12-13,18-23,33H2,1H3,(H,34,39)(H,35,38)/t28-,30+/m1/s1. The number of nitrogens with one attached hydrogen (secondary N) is 2. The summed E-state index contributed by atoms with van der Waals surface area (Å²) in [5.74, 6) is -0.101. The molecule has 1 heterocycles. The topological polar surface area (TPSA) is 108 Å². The van der Waals surface area contributed by atoms with Gasteiger partial charge in [-0.3, -0.25) is 19.3 Å². The van der Waals surface area contributed by atoms with E-state index in [1.54, 1.807) is 6.92 Å². The molecule has 0 radical (unpaired) electrons. The average Bonchev–Trinajstić information content (AvgIpc) is 3.27. The quantitative estimate of drug-likeness (QED) is 0.393. The van der Waals surface area contributed by atoms with E-state index in [9.17, 15) is 14.4 Å². The van der Waals surface area contributed by atoms with Gasteiger partial charge in [0.25, 0.3) is 0 Å². The van der Waals surface area contributed by atoms with Crippen molar-refractivity contribution in [2.75, 3.05) is 31.5 Å². The average molecular weight is 548 g/mol. The van der Waals surface area contributed by atoms with Crippen molar-refractivity contribution in [3.8, 4) is 0 Å². The van der Waals surface area contributed by atoms with Gasteiger partial charge in [0.15, 0.2) is 0 Å². The van der Waals surface area contributed by atoms with Crippen LogP contribution in [-0.4, -0.2) is 65.8 Å². The van der Waals surface area contributed by atoms with Gasteiger partial charge in [0.05, 0.1) is 6.04 Å². The molecule has 8 nitrogen and oxygen atoms in total. The molecule has 1 aliphatic heterocycles. The molecule has 2 aliphatic rings. The molecule has 216 valence electrons. The van der Waals surface area contributed by atoms with Crippen LogP contribution < -0.4 is 16.4 Å². The van der Waals surface area contributed by atoms with Crippen LogP contribution in [0.1, 0.15) is 63.0 Å². The van der Waals surface area contributed by atoms with Gasteiger partial charge in [0, 0.05) is 51.3 Å². The lowest BCUT2D eigenvalue weighted by Crippen LogP contribution is -2.55. The van der Waals surface area contributed by atoms with Crippen molar-refractivity contribution in [2.24, 2.45) is 11.7 Å². The minimum atomic E-state index is -0.628. The first-order valence-electron chi connectivity index (χ1n) is 14.9. The van der Waals surface area contributed by atoms with Crippen LogP contribution in [0.2, 0.25) is 0 Å². The lowest BCUT2D eigenvalue weighted by atomic mass is 9.92. The first kappa shape index (κ1) is 29.7. The highest BCUT2D eigenvalue weighted by atomic mass is 16.2. The van der Waals surface area contributed by atoms with Gasteiger partial charge in [0.1, 0.15) is 6.04 Å². The van der Waals surface area contributed by atoms with Crippen LogP contribution in [0, 0.1) is 5.92 Å². The Labute approximate surface area is 238 Å². The Bertz CT molecular complexity index is 1090. The molecule has 4 rings (SSSR count). The van der Waals surface area contributed by atoms with E-state index >= 15 is 0 Å². The minimum Gasteiger partial charge on any atom is -0.344 e. The Morgan fingerprint density at radius 1 is 0.875 bits per heavy atom. The highest BCUT2D eigenvalue weighted by Gasteiger charge is 2.29. The van der Waals surface area contributed by atoms with Crippen molar-refractivity contribution in [1.29, 1.82) is 0 Å². The third kappa shape index (κ3) is 8.63. The van der Waals surface area contributed by atoms with Crippen LogP contribution in [0.4, 0.5) is 5.69 Å². The molecule has 1 saturated carbocycles. The fraction of sp³-hybridized carbons (Fsp3) is 0.531. The van der Waals surface area contributed by atoms with Gasteiger partial charge in [-0.05, 0) is 42.0 Å². The fourth-order valence-electron chi connectivity index (χ4n) is 5.75. The molecule has 0 bridgehead atoms. The number of carbonyl (C=O) groups excluding carboxylic acids is 3. The molecule has 0 spiro atoms. The van der Waals surface area contributed by atoms with E-state index in [0.29, 0.717) is 31.6 Å². The number of piperazine rings is 1. The van der Waals surface area contributed by atoms with E-state index in [1.807, 2.05) is 47.4 Å². The van der Waals surface area contributed by atoms with E-state index in [4.69, 9.17) is 5.73 Å². The van der Waals surface area contributed by atoms with Crippen molar-refractivity contribution in [3.05, 3.63) is 65.7 Å². The van der Waals surface area contributed by atoms with E-state index < -0.39 is 12.1 Å². The molecule has 1 aliphatic carbocycles. The van der Waals surface area contributed by atoms with Crippen LogP contribution in [-0.2, 0) is 27.3 Å². The number of nitrogens with two attached hydrogens (primary N) is 1. The Morgan fingerprint density at radius 3 is 2.15 bits per heavy atom. The van der Waals surface area contributed by atoms with Gasteiger partial charge in [-0.15, -0.1) is 0 Å². The number of hydrogen-bond acceptors (Lipinski definition) is 5. The fourth-order valence-corrected chi connectivity index (χ4v) is 5.75. The maximum Gasteiger partial charge on any atom is 0.245 e. The number of anilines is 1. The molecule has 8 heteroatoms. The zero-order valence-electron chi connectivity index (χ0n) is 23.8. The maximum absolute atomic E-state index is 13.5. The predicted molar refractivity (Wildman–Crippen MR) is 158 cm³/mol. The predicted octanol–water partition coefficient (Wildman–Crippen LogP) is 3.70. The van der Waals surface area contributed by atoms with Crippen molar-refractivity contribution in [2.45, 2.75) is 76.9 Å². The normalized spacial score (nSPS) is 18.4. The molecule has 3 amide bonds. The zero-order valence-corrected chi connectivity index (χ0v) is 23.8. The summed E-state index contributed by atoms with van der Waals surface area (Å²) in [6.45, 7) is 5.52. The van der Waals surface area contributed by atoms with Crippen LogP contribution in [0.15, 0.2) is 54.6 Å². The summed E-state index contributed by atoms with van der Waals surface area (Å²) in [5.41, 5.74) is 9.19. The Morgan fingerprint density at radius 2 is 1.52 bits per heavy atom. The molecule has 2 fully saturated rings. The molecule has 40 heavy (non-hydrogen) atoms. The Kier molecular flexibility index (Phi) is 11.1. The first-order chi connectivity index (χ1) is 19.4. The van der Waals surface area contributed by atoms with Gasteiger partial charge in [-0.1, -0.05) is 75.1 Å². The van der Waals surface area contributed by atoms with Gasteiger partial charge < -0.3 is 21.3 Å². The van der Waals surface area contributed by atoms with Gasteiger partial charge in [-0.2, -0.15) is 0 Å². The number of hydrogen-bond donors (Lipinski definition) is 3. The van der Waals surface area contributed by atoms with E-state index in [0.717, 1.165) is 50.9 Å². The lowest BCUT2D eigenvalue weighted by Gasteiger charge is -2.36. The lowest BCUT2D eigenvalue weighted by molar-refractivity contribution is -0.138. The number of amides is 3. The smallest absolute Gasteiger partial charge is 0.245 e. The molecular weight excluding hydrogens is 502 g/mol. The summed E-state index contributed by atoms with van der Waals surface area (Å²) in [6, 6.07) is 16.7. The van der Waals surface area contributed by atoms with Crippen LogP contribution in [0.3, 0.4) is 0 Å². The zero-order chi connectivity index (χ0) is 28.3. The Hall–Kier alpha value is -3.23. The largest absolute Gasteiger partial charge is 0.344 e. The molecule has 1 saturated heterocycles. The van der Waals surface area contributed by atoms with Crippen LogP contribution >= 0.6 is 0 Å². The Balaban J connectivity index is 1.32. The summed E-state index contributed by atoms with van der Waals surface area (Å²) in [6.07, 6.45) is 7.45. The molecule has 0 aromatic heterocycles. The number of rotatable bonds is 10. The third-order valence-corrected chi connectivity index (χ3v) is 8.26. The monoisotopic (exact) mass is 547 g/mol. The van der Waals surface area contributed by atoms with Gasteiger partial charge >= 0.3 is 0 Å². The molecule has 4 N–H and O–H groups in total. The second kappa shape index (κ2) is 15.0. The van der Waals surface area contributed by atoms with Crippen LogP contribution in [0.25, 0.3) is 0 Å². The first-order valence-corrected chi connectivity index (χ1v) is 14.9. The highest BCUT2D eigenvalue weighted by molar-refractivity contribution is 5.95. The summed E-state index contributed by atoms with van der Waals surface area (Å²) < 4.78 is 0. The van der Waals surface area contributed by atoms with Crippen molar-refractivity contribution in [1.82, 2.24) is 15.1 Å².